The summed E-state index contributed by atoms with van der Waals surface area (Å²) in [5, 5.41) is 1.98. The summed E-state index contributed by atoms with van der Waals surface area (Å²) in [6, 6.07) is 14.0. The first-order valence-electron chi connectivity index (χ1n) is 9.18. The lowest BCUT2D eigenvalue weighted by atomic mass is 10.0. The summed E-state index contributed by atoms with van der Waals surface area (Å²) in [5.41, 5.74) is 3.66. The summed E-state index contributed by atoms with van der Waals surface area (Å²) < 4.78 is 0. The van der Waals surface area contributed by atoms with E-state index in [2.05, 4.69) is 11.0 Å². The van der Waals surface area contributed by atoms with Gasteiger partial charge in [0.25, 0.3) is 5.91 Å². The lowest BCUT2D eigenvalue weighted by molar-refractivity contribution is 0.0990. The highest BCUT2D eigenvalue weighted by molar-refractivity contribution is 6.30. The molecule has 0 bridgehead atoms. The third-order valence-electron chi connectivity index (χ3n) is 5.52. The lowest BCUT2D eigenvalue weighted by Gasteiger charge is -2.28. The second kappa shape index (κ2) is 5.81. The van der Waals surface area contributed by atoms with Crippen LogP contribution in [0.3, 0.4) is 0 Å². The minimum atomic E-state index is 0.127. The first-order valence-corrected chi connectivity index (χ1v) is 9.18. The quantitative estimate of drug-likeness (QED) is 0.684. The van der Waals surface area contributed by atoms with Crippen LogP contribution in [0.5, 0.6) is 0 Å². The number of pyridine rings is 1. The Morgan fingerprint density at radius 2 is 1.68 bits per heavy atom. The third kappa shape index (κ3) is 2.32. The van der Waals surface area contributed by atoms with Gasteiger partial charge in [-0.25, -0.2) is 4.98 Å². The maximum Gasteiger partial charge on any atom is 0.259 e. The van der Waals surface area contributed by atoms with Crippen LogP contribution in [-0.2, 0) is 0 Å². The van der Waals surface area contributed by atoms with Gasteiger partial charge in [0.2, 0.25) is 0 Å². The van der Waals surface area contributed by atoms with Gasteiger partial charge in [0, 0.05) is 23.9 Å². The predicted octanol–water partition coefficient (Wildman–Crippen LogP) is 3.83. The molecule has 2 aliphatic heterocycles. The maximum absolute atomic E-state index is 13.2. The van der Waals surface area contributed by atoms with Crippen molar-refractivity contribution < 1.29 is 4.79 Å². The molecule has 25 heavy (non-hydrogen) atoms. The molecule has 126 valence electrons. The summed E-state index contributed by atoms with van der Waals surface area (Å²) in [4.78, 5) is 22.5. The number of aromatic nitrogens is 1. The molecule has 4 heteroatoms. The number of carbonyl (C=O) groups excluding carboxylic acids is 1. The van der Waals surface area contributed by atoms with Gasteiger partial charge in [-0.15, -0.1) is 0 Å². The number of amides is 1. The molecular weight excluding hydrogens is 310 g/mol. The van der Waals surface area contributed by atoms with Crippen molar-refractivity contribution in [3.63, 3.8) is 0 Å². The fraction of sp³-hybridized carbons (Fsp3) is 0.333. The number of likely N-dealkylation sites (tertiary alicyclic amines) is 1. The van der Waals surface area contributed by atoms with Crippen molar-refractivity contribution in [1.82, 2.24) is 9.88 Å². The van der Waals surface area contributed by atoms with E-state index in [9.17, 15) is 4.79 Å². The molecule has 0 radical (unpaired) electrons. The second-order valence-corrected chi connectivity index (χ2v) is 7.03. The first-order chi connectivity index (χ1) is 12.3. The van der Waals surface area contributed by atoms with Crippen LogP contribution in [0.25, 0.3) is 21.8 Å². The molecule has 2 aliphatic rings. The lowest BCUT2D eigenvalue weighted by Crippen LogP contribution is -2.39. The molecule has 0 saturated carbocycles. The number of nitrogens with zero attached hydrogens (tertiary/aromatic N) is 3. The van der Waals surface area contributed by atoms with E-state index in [1.807, 2.05) is 41.3 Å². The highest BCUT2D eigenvalue weighted by Gasteiger charge is 2.32. The van der Waals surface area contributed by atoms with Crippen LogP contribution in [0.4, 0.5) is 5.69 Å². The van der Waals surface area contributed by atoms with E-state index >= 15 is 0 Å². The molecule has 1 fully saturated rings. The molecule has 3 aromatic rings. The number of piperidine rings is 1. The zero-order chi connectivity index (χ0) is 16.8. The summed E-state index contributed by atoms with van der Waals surface area (Å²) in [7, 11) is 0. The topological polar surface area (TPSA) is 36.4 Å². The molecule has 1 aromatic heterocycles. The van der Waals surface area contributed by atoms with E-state index < -0.39 is 0 Å². The second-order valence-electron chi connectivity index (χ2n) is 7.03. The average molecular weight is 331 g/mol. The Morgan fingerprint density at radius 1 is 0.880 bits per heavy atom. The molecule has 0 aliphatic carbocycles. The number of fused-ring (bicyclic) bond motifs is 2. The molecule has 1 saturated heterocycles. The van der Waals surface area contributed by atoms with Crippen LogP contribution in [0.15, 0.2) is 42.5 Å². The van der Waals surface area contributed by atoms with Crippen molar-refractivity contribution in [2.75, 3.05) is 31.1 Å². The van der Waals surface area contributed by atoms with Crippen molar-refractivity contribution >= 4 is 33.4 Å². The number of benzene rings is 2. The van der Waals surface area contributed by atoms with E-state index in [0.29, 0.717) is 0 Å². The number of anilines is 1. The Balaban J connectivity index is 1.56. The van der Waals surface area contributed by atoms with E-state index in [1.54, 1.807) is 0 Å². The van der Waals surface area contributed by atoms with Crippen LogP contribution in [0.2, 0.25) is 0 Å². The van der Waals surface area contributed by atoms with Crippen molar-refractivity contribution in [3.05, 3.63) is 48.0 Å². The van der Waals surface area contributed by atoms with Crippen molar-refractivity contribution in [3.8, 4) is 0 Å². The van der Waals surface area contributed by atoms with E-state index in [1.165, 1.54) is 19.3 Å². The fourth-order valence-corrected chi connectivity index (χ4v) is 4.26. The smallest absolute Gasteiger partial charge is 0.259 e. The van der Waals surface area contributed by atoms with Gasteiger partial charge in [0.1, 0.15) is 0 Å². The van der Waals surface area contributed by atoms with Gasteiger partial charge in [-0.3, -0.25) is 4.79 Å². The molecule has 4 nitrogen and oxygen atoms in total. The average Bonchev–Trinajstić information content (AvgIpc) is 2.95. The predicted molar refractivity (Wildman–Crippen MR) is 101 cm³/mol. The van der Waals surface area contributed by atoms with Crippen molar-refractivity contribution in [2.24, 2.45) is 0 Å². The first kappa shape index (κ1) is 14.8. The Kier molecular flexibility index (Phi) is 3.45. The SMILES string of the molecule is O=C1c2c3ccccc3nc3cccc(c23)N1CCN1CCCCC1. The van der Waals surface area contributed by atoms with Crippen molar-refractivity contribution in [2.45, 2.75) is 19.3 Å². The summed E-state index contributed by atoms with van der Waals surface area (Å²) in [5.74, 6) is 0.127. The zero-order valence-electron chi connectivity index (χ0n) is 14.2. The molecular formula is C21H21N3O. The molecule has 0 unspecified atom stereocenters. The van der Waals surface area contributed by atoms with Gasteiger partial charge in [-0.05, 0) is 44.1 Å². The van der Waals surface area contributed by atoms with Crippen LogP contribution in [0, 0.1) is 0 Å². The zero-order valence-corrected chi connectivity index (χ0v) is 14.2. The highest BCUT2D eigenvalue weighted by Crippen LogP contribution is 2.39. The van der Waals surface area contributed by atoms with Gasteiger partial charge in [0.15, 0.2) is 0 Å². The Bertz CT molecular complexity index is 975. The number of carbonyl (C=O) groups is 1. The fourth-order valence-electron chi connectivity index (χ4n) is 4.26. The van der Waals surface area contributed by atoms with Crippen LogP contribution in [-0.4, -0.2) is 42.0 Å². The Labute approximate surface area is 147 Å². The van der Waals surface area contributed by atoms with Crippen molar-refractivity contribution in [1.29, 1.82) is 0 Å². The monoisotopic (exact) mass is 331 g/mol. The maximum atomic E-state index is 13.2. The van der Waals surface area contributed by atoms with Gasteiger partial charge in [-0.1, -0.05) is 30.7 Å². The van der Waals surface area contributed by atoms with Gasteiger partial charge in [0.05, 0.1) is 22.3 Å². The number of hydrogen-bond acceptors (Lipinski definition) is 3. The van der Waals surface area contributed by atoms with E-state index in [-0.39, 0.29) is 5.91 Å². The molecule has 5 rings (SSSR count). The standard InChI is InChI=1S/C21H21N3O/c25-21-19-15-7-2-3-8-16(15)22-17-9-6-10-18(20(17)19)24(21)14-13-23-11-4-1-5-12-23/h2-3,6-10H,1,4-5,11-14H2. The molecule has 0 atom stereocenters. The Morgan fingerprint density at radius 3 is 2.56 bits per heavy atom. The minimum absolute atomic E-state index is 0.127. The van der Waals surface area contributed by atoms with Crippen LogP contribution >= 0.6 is 0 Å². The minimum Gasteiger partial charge on any atom is -0.306 e. The molecule has 0 N–H and O–H groups in total. The van der Waals surface area contributed by atoms with E-state index in [4.69, 9.17) is 4.98 Å². The summed E-state index contributed by atoms with van der Waals surface area (Å²) in [6.45, 7) is 4.01. The normalized spacial score (nSPS) is 17.8. The Hall–Kier alpha value is -2.46. The third-order valence-corrected chi connectivity index (χ3v) is 5.52. The molecule has 3 heterocycles. The van der Waals surface area contributed by atoms with Gasteiger partial charge >= 0.3 is 0 Å². The van der Waals surface area contributed by atoms with E-state index in [0.717, 1.165) is 59.2 Å². The van der Waals surface area contributed by atoms with Crippen LogP contribution in [0.1, 0.15) is 29.6 Å². The number of hydrogen-bond donors (Lipinski definition) is 0. The number of rotatable bonds is 3. The van der Waals surface area contributed by atoms with Gasteiger partial charge in [-0.2, -0.15) is 0 Å². The number of para-hydroxylation sites is 1. The van der Waals surface area contributed by atoms with Crippen LogP contribution < -0.4 is 4.90 Å². The highest BCUT2D eigenvalue weighted by atomic mass is 16.2. The largest absolute Gasteiger partial charge is 0.306 e. The molecule has 1 amide bonds. The molecule has 0 spiro atoms. The summed E-state index contributed by atoms with van der Waals surface area (Å²) in [6.07, 6.45) is 3.89. The summed E-state index contributed by atoms with van der Waals surface area (Å²) >= 11 is 0. The van der Waals surface area contributed by atoms with Gasteiger partial charge < -0.3 is 9.80 Å². The molecule has 2 aromatic carbocycles.